The summed E-state index contributed by atoms with van der Waals surface area (Å²) in [6.07, 6.45) is -9.48. The fourth-order valence-electron chi connectivity index (χ4n) is 4.53. The molecule has 0 aliphatic rings. The minimum absolute atomic E-state index is 0.0127. The lowest BCUT2D eigenvalue weighted by atomic mass is 10.2. The molecule has 0 aliphatic heterocycles. The summed E-state index contributed by atoms with van der Waals surface area (Å²) in [6.45, 7) is -0.476. The first-order chi connectivity index (χ1) is 21.2. The smallest absolute Gasteiger partial charge is 0.406 e. The van der Waals surface area contributed by atoms with E-state index in [0.29, 0.717) is 16.6 Å². The molecular weight excluding hydrogens is 615 g/mol. The fourth-order valence-corrected chi connectivity index (χ4v) is 4.53. The van der Waals surface area contributed by atoms with E-state index in [1.165, 1.54) is 34.9 Å². The summed E-state index contributed by atoms with van der Waals surface area (Å²) < 4.78 is 97.7. The zero-order chi connectivity index (χ0) is 32.5. The Morgan fingerprint density at radius 3 is 2.04 bits per heavy atom. The average Bonchev–Trinajstić information content (AvgIpc) is 3.27. The van der Waals surface area contributed by atoms with Gasteiger partial charge in [-0.1, -0.05) is 24.3 Å². The Balaban J connectivity index is 1.44. The summed E-state index contributed by atoms with van der Waals surface area (Å²) in [6, 6.07) is 12.7. The van der Waals surface area contributed by atoms with E-state index in [2.05, 4.69) is 20.0 Å². The highest BCUT2D eigenvalue weighted by Crippen LogP contribution is 2.32. The quantitative estimate of drug-likeness (QED) is 0.227. The molecule has 17 heteroatoms. The molecule has 5 rings (SSSR count). The summed E-state index contributed by atoms with van der Waals surface area (Å²) in [5, 5.41) is 2.85. The van der Waals surface area contributed by atoms with Gasteiger partial charge in [-0.15, -0.1) is 13.2 Å². The maximum Gasteiger partial charge on any atom is 0.573 e. The second kappa shape index (κ2) is 12.0. The van der Waals surface area contributed by atoms with E-state index in [0.717, 1.165) is 45.5 Å². The first kappa shape index (κ1) is 31.1. The van der Waals surface area contributed by atoms with Crippen molar-refractivity contribution in [1.82, 2.24) is 23.7 Å². The Labute approximate surface area is 248 Å². The molecule has 45 heavy (non-hydrogen) atoms. The van der Waals surface area contributed by atoms with E-state index in [1.807, 2.05) is 0 Å². The Morgan fingerprint density at radius 1 is 0.800 bits per heavy atom. The highest BCUT2D eigenvalue weighted by Gasteiger charge is 2.32. The lowest BCUT2D eigenvalue weighted by molar-refractivity contribution is -0.274. The van der Waals surface area contributed by atoms with Gasteiger partial charge in [-0.05, 0) is 53.6 Å². The molecule has 0 atom stereocenters. The van der Waals surface area contributed by atoms with Gasteiger partial charge in [-0.3, -0.25) is 4.57 Å². The molecule has 0 saturated carbocycles. The molecule has 0 aliphatic carbocycles. The third-order valence-electron chi connectivity index (χ3n) is 6.63. The van der Waals surface area contributed by atoms with Crippen molar-refractivity contribution in [3.05, 3.63) is 110 Å². The highest BCUT2D eigenvalue weighted by atomic mass is 19.4. The average molecular weight is 638 g/mol. The number of ether oxygens (including phenoxy) is 1. The second-order valence-electron chi connectivity index (χ2n) is 9.74. The minimum Gasteiger partial charge on any atom is -0.406 e. The van der Waals surface area contributed by atoms with E-state index in [-0.39, 0.29) is 43.6 Å². The van der Waals surface area contributed by atoms with Crippen molar-refractivity contribution in [3.63, 3.8) is 0 Å². The van der Waals surface area contributed by atoms with Gasteiger partial charge in [0.15, 0.2) is 0 Å². The molecule has 2 aromatic heterocycles. The largest absolute Gasteiger partial charge is 0.573 e. The Hall–Kier alpha value is -5.35. The van der Waals surface area contributed by atoms with Crippen LogP contribution < -0.4 is 27.2 Å². The van der Waals surface area contributed by atoms with Crippen molar-refractivity contribution in [2.24, 2.45) is 0 Å². The number of nitrogens with zero attached hydrogens (tertiary/aromatic N) is 5. The van der Waals surface area contributed by atoms with Gasteiger partial charge in [0, 0.05) is 13.1 Å². The number of nitrogens with one attached hydrogen (secondary N) is 1. The predicted molar refractivity (Wildman–Crippen MR) is 148 cm³/mol. The van der Waals surface area contributed by atoms with Gasteiger partial charge in [0.05, 0.1) is 29.7 Å². The number of hydrogen-bond donors (Lipinski definition) is 2. The van der Waals surface area contributed by atoms with Gasteiger partial charge in [0.1, 0.15) is 11.6 Å². The Kier molecular flexibility index (Phi) is 8.27. The summed E-state index contributed by atoms with van der Waals surface area (Å²) in [5.74, 6) is -1.28. The zero-order valence-corrected chi connectivity index (χ0v) is 22.9. The van der Waals surface area contributed by atoms with Crippen LogP contribution in [0, 0.1) is 5.82 Å². The number of fused-ring (bicyclic) bond motifs is 1. The highest BCUT2D eigenvalue weighted by molar-refractivity contribution is 5.79. The third kappa shape index (κ3) is 7.25. The van der Waals surface area contributed by atoms with Crippen LogP contribution >= 0.6 is 0 Å². The molecule has 5 aromatic rings. The maximum atomic E-state index is 13.5. The molecule has 0 amide bonds. The topological polar surface area (TPSA) is 122 Å². The lowest BCUT2D eigenvalue weighted by Crippen LogP contribution is -2.43. The van der Waals surface area contributed by atoms with Gasteiger partial charge in [-0.25, -0.2) is 23.5 Å². The SMILES string of the molecule is Nc1nc2cc(C(F)(F)F)ccc2n1CCNc1nc(=O)n(Cc2ccc(F)cc2)c(=O)n1Cc1ccc(OC(F)(F)F)cc1. The first-order valence-electron chi connectivity index (χ1n) is 13.1. The van der Waals surface area contributed by atoms with Crippen LogP contribution in [0.1, 0.15) is 16.7 Å². The van der Waals surface area contributed by atoms with Gasteiger partial charge < -0.3 is 20.4 Å². The van der Waals surface area contributed by atoms with Crippen LogP contribution in [0.4, 0.5) is 42.6 Å². The number of nitrogens with two attached hydrogens (primary N) is 1. The Morgan fingerprint density at radius 2 is 1.42 bits per heavy atom. The van der Waals surface area contributed by atoms with Crippen molar-refractivity contribution in [2.45, 2.75) is 32.2 Å². The third-order valence-corrected chi connectivity index (χ3v) is 6.63. The van der Waals surface area contributed by atoms with Crippen LogP contribution in [0.5, 0.6) is 5.75 Å². The molecule has 0 unspecified atom stereocenters. The van der Waals surface area contributed by atoms with Crippen molar-refractivity contribution >= 4 is 22.9 Å². The number of nitrogen functional groups attached to an aromatic ring is 1. The van der Waals surface area contributed by atoms with Crippen LogP contribution in [0.2, 0.25) is 0 Å². The molecule has 10 nitrogen and oxygen atoms in total. The number of rotatable bonds is 9. The van der Waals surface area contributed by atoms with Gasteiger partial charge in [-0.2, -0.15) is 18.2 Å². The normalized spacial score (nSPS) is 12.1. The number of aromatic nitrogens is 5. The van der Waals surface area contributed by atoms with E-state index >= 15 is 0 Å². The molecule has 0 radical (unpaired) electrons. The lowest BCUT2D eigenvalue weighted by Gasteiger charge is -2.16. The Bertz CT molecular complexity index is 1950. The van der Waals surface area contributed by atoms with E-state index in [9.17, 15) is 40.3 Å². The van der Waals surface area contributed by atoms with Crippen molar-refractivity contribution in [1.29, 1.82) is 0 Å². The molecule has 3 aromatic carbocycles. The molecule has 0 saturated heterocycles. The van der Waals surface area contributed by atoms with Crippen LogP contribution in [0.25, 0.3) is 11.0 Å². The van der Waals surface area contributed by atoms with Gasteiger partial charge >= 0.3 is 23.9 Å². The van der Waals surface area contributed by atoms with Crippen LogP contribution in [-0.4, -0.2) is 36.6 Å². The zero-order valence-electron chi connectivity index (χ0n) is 22.9. The van der Waals surface area contributed by atoms with E-state index in [1.54, 1.807) is 0 Å². The maximum absolute atomic E-state index is 13.5. The number of halogens is 7. The molecule has 236 valence electrons. The number of benzene rings is 3. The number of alkyl halides is 6. The van der Waals surface area contributed by atoms with Crippen LogP contribution in [0.3, 0.4) is 0 Å². The fraction of sp³-hybridized carbons (Fsp3) is 0.214. The van der Waals surface area contributed by atoms with Crippen LogP contribution in [-0.2, 0) is 25.8 Å². The summed E-state index contributed by atoms with van der Waals surface area (Å²) in [5.41, 5.74) is 4.37. The van der Waals surface area contributed by atoms with Gasteiger partial charge in [0.2, 0.25) is 11.9 Å². The molecule has 2 heterocycles. The number of hydrogen-bond acceptors (Lipinski definition) is 7. The molecule has 0 fully saturated rings. The monoisotopic (exact) mass is 637 g/mol. The summed E-state index contributed by atoms with van der Waals surface area (Å²) in [7, 11) is 0. The van der Waals surface area contributed by atoms with Crippen LogP contribution in [0.15, 0.2) is 76.3 Å². The number of anilines is 2. The van der Waals surface area contributed by atoms with E-state index < -0.39 is 41.0 Å². The van der Waals surface area contributed by atoms with Gasteiger partial charge in [0.25, 0.3) is 0 Å². The van der Waals surface area contributed by atoms with E-state index in [4.69, 9.17) is 5.73 Å². The summed E-state index contributed by atoms with van der Waals surface area (Å²) in [4.78, 5) is 34.4. The van der Waals surface area contributed by atoms with Crippen molar-refractivity contribution in [2.75, 3.05) is 17.6 Å². The standard InChI is InChI=1S/C28H22F7N7O3/c29-19-6-1-16(2-7-19)15-42-25(43)39-24(41(26(42)44)14-17-3-8-20(9-4-17)45-28(33,34)35)37-11-12-40-22-10-5-18(27(30,31)32)13-21(22)38-23(40)36/h1-10,13H,11-12,14-15H2,(H2,36,38)(H,37,39,43). The minimum atomic E-state index is -4.90. The molecule has 0 spiro atoms. The molecule has 3 N–H and O–H groups in total. The first-order valence-corrected chi connectivity index (χ1v) is 13.1. The van der Waals surface area contributed by atoms with Crippen molar-refractivity contribution in [3.8, 4) is 5.75 Å². The predicted octanol–water partition coefficient (Wildman–Crippen LogP) is 4.60. The van der Waals surface area contributed by atoms with Crippen molar-refractivity contribution < 1.29 is 35.5 Å². The number of imidazole rings is 1. The summed E-state index contributed by atoms with van der Waals surface area (Å²) >= 11 is 0. The molecular formula is C28H22F7N7O3. The second-order valence-corrected chi connectivity index (χ2v) is 9.74. The molecule has 0 bridgehead atoms.